The van der Waals surface area contributed by atoms with E-state index in [4.69, 9.17) is 17.0 Å². The highest BCUT2D eigenvalue weighted by Crippen LogP contribution is 2.38. The van der Waals surface area contributed by atoms with Crippen LogP contribution in [0.25, 0.3) is 0 Å². The van der Waals surface area contributed by atoms with E-state index in [0.717, 1.165) is 50.2 Å². The molecule has 27 heavy (non-hydrogen) atoms. The highest BCUT2D eigenvalue weighted by Gasteiger charge is 2.41. The van der Waals surface area contributed by atoms with E-state index in [2.05, 4.69) is 56.8 Å². The number of morpholine rings is 1. The summed E-state index contributed by atoms with van der Waals surface area (Å²) in [7, 11) is 2.13. The number of hydrogen-bond acceptors (Lipinski definition) is 4. The fraction of sp³-hybridized carbons (Fsp3) is 0.500. The third kappa shape index (κ3) is 3.72. The second-order valence-corrected chi connectivity index (χ2v) is 7.62. The van der Waals surface area contributed by atoms with Crippen LogP contribution in [-0.2, 0) is 11.8 Å². The summed E-state index contributed by atoms with van der Waals surface area (Å²) in [6, 6.07) is 10.6. The first-order valence-electron chi connectivity index (χ1n) is 9.55. The van der Waals surface area contributed by atoms with Gasteiger partial charge in [-0.25, -0.2) is 0 Å². The predicted octanol–water partition coefficient (Wildman–Crippen LogP) is 2.03. The van der Waals surface area contributed by atoms with Crippen LogP contribution in [0.15, 0.2) is 36.5 Å². The molecule has 0 aliphatic carbocycles. The number of aryl methyl sites for hydroxylation is 1. The average Bonchev–Trinajstić information content (AvgIpc) is 3.20. The molecule has 6 nitrogen and oxygen atoms in total. The second kappa shape index (κ2) is 7.96. The Morgan fingerprint density at radius 3 is 2.67 bits per heavy atom. The molecule has 2 fully saturated rings. The molecule has 4 heterocycles. The number of hydrogen-bond donors (Lipinski definition) is 1. The summed E-state index contributed by atoms with van der Waals surface area (Å²) in [5.74, 6) is 0. The van der Waals surface area contributed by atoms with E-state index in [0.29, 0.717) is 0 Å². The highest BCUT2D eigenvalue weighted by atomic mass is 32.1. The molecule has 2 aliphatic heterocycles. The van der Waals surface area contributed by atoms with Gasteiger partial charge >= 0.3 is 0 Å². The lowest BCUT2D eigenvalue weighted by Crippen LogP contribution is -2.42. The van der Waals surface area contributed by atoms with E-state index in [1.807, 2.05) is 18.3 Å². The van der Waals surface area contributed by atoms with Gasteiger partial charge in [0.15, 0.2) is 5.11 Å². The van der Waals surface area contributed by atoms with Crippen LogP contribution >= 0.6 is 12.2 Å². The maximum atomic E-state index is 5.75. The third-order valence-electron chi connectivity index (χ3n) is 5.67. The monoisotopic (exact) mass is 385 g/mol. The van der Waals surface area contributed by atoms with Crippen LogP contribution in [0.5, 0.6) is 0 Å². The van der Waals surface area contributed by atoms with E-state index in [1.165, 1.54) is 11.4 Å². The van der Waals surface area contributed by atoms with Crippen molar-refractivity contribution in [1.29, 1.82) is 0 Å². The molecule has 4 rings (SSSR count). The molecule has 144 valence electrons. The first kappa shape index (κ1) is 18.4. The van der Waals surface area contributed by atoms with Gasteiger partial charge in [0.2, 0.25) is 0 Å². The quantitative estimate of drug-likeness (QED) is 0.795. The average molecular weight is 386 g/mol. The summed E-state index contributed by atoms with van der Waals surface area (Å²) in [6.45, 7) is 7.64. The number of ether oxygens (including phenoxy) is 1. The summed E-state index contributed by atoms with van der Waals surface area (Å²) < 4.78 is 7.73. The first-order valence-corrected chi connectivity index (χ1v) is 9.96. The van der Waals surface area contributed by atoms with Crippen molar-refractivity contribution in [3.05, 3.63) is 53.6 Å². The maximum absolute atomic E-state index is 5.75. The molecule has 0 bridgehead atoms. The van der Waals surface area contributed by atoms with Gasteiger partial charge in [0.25, 0.3) is 0 Å². The molecular weight excluding hydrogens is 358 g/mol. The summed E-state index contributed by atoms with van der Waals surface area (Å²) >= 11 is 5.75. The molecule has 7 heteroatoms. The number of pyridine rings is 1. The lowest BCUT2D eigenvalue weighted by Gasteiger charge is -2.32. The minimum atomic E-state index is 0.0522. The fourth-order valence-corrected chi connectivity index (χ4v) is 4.30. The summed E-state index contributed by atoms with van der Waals surface area (Å²) in [4.78, 5) is 9.39. The molecular formula is C20H27N5OS. The topological polar surface area (TPSA) is 45.6 Å². The molecule has 2 saturated heterocycles. The highest BCUT2D eigenvalue weighted by molar-refractivity contribution is 7.80. The zero-order valence-corrected chi connectivity index (χ0v) is 16.8. The molecule has 1 N–H and O–H groups in total. The zero-order chi connectivity index (χ0) is 18.8. The van der Waals surface area contributed by atoms with Gasteiger partial charge in [-0.1, -0.05) is 6.07 Å². The van der Waals surface area contributed by atoms with E-state index < -0.39 is 0 Å². The lowest BCUT2D eigenvalue weighted by atomic mass is 10.0. The van der Waals surface area contributed by atoms with Crippen LogP contribution in [0.2, 0.25) is 0 Å². The van der Waals surface area contributed by atoms with Crippen LogP contribution in [0.4, 0.5) is 0 Å². The smallest absolute Gasteiger partial charge is 0.170 e. The molecule has 0 radical (unpaired) electrons. The van der Waals surface area contributed by atoms with Crippen molar-refractivity contribution in [3.63, 3.8) is 0 Å². The van der Waals surface area contributed by atoms with Crippen LogP contribution in [0, 0.1) is 6.92 Å². The molecule has 0 unspecified atom stereocenters. The van der Waals surface area contributed by atoms with E-state index in [9.17, 15) is 0 Å². The minimum absolute atomic E-state index is 0.0522. The van der Waals surface area contributed by atoms with Crippen molar-refractivity contribution in [1.82, 2.24) is 24.7 Å². The van der Waals surface area contributed by atoms with Gasteiger partial charge in [-0.3, -0.25) is 9.88 Å². The van der Waals surface area contributed by atoms with Crippen molar-refractivity contribution in [2.24, 2.45) is 7.05 Å². The Balaban J connectivity index is 1.61. The van der Waals surface area contributed by atoms with Crippen molar-refractivity contribution in [3.8, 4) is 0 Å². The molecule has 2 atom stereocenters. The van der Waals surface area contributed by atoms with Crippen LogP contribution in [0.1, 0.15) is 29.2 Å². The van der Waals surface area contributed by atoms with Gasteiger partial charge in [-0.15, -0.1) is 0 Å². The van der Waals surface area contributed by atoms with Gasteiger partial charge in [0.05, 0.1) is 31.0 Å². The van der Waals surface area contributed by atoms with Gasteiger partial charge in [0.1, 0.15) is 0 Å². The summed E-state index contributed by atoms with van der Waals surface area (Å²) in [5.41, 5.74) is 3.53. The van der Waals surface area contributed by atoms with Gasteiger partial charge in [-0.05, 0) is 43.4 Å². The van der Waals surface area contributed by atoms with Crippen molar-refractivity contribution < 1.29 is 4.74 Å². The van der Waals surface area contributed by atoms with E-state index in [1.54, 1.807) is 0 Å². The fourth-order valence-electron chi connectivity index (χ4n) is 3.97. The molecule has 0 aromatic carbocycles. The maximum Gasteiger partial charge on any atom is 0.170 e. The Hall–Kier alpha value is -1.96. The molecule has 0 amide bonds. The van der Waals surface area contributed by atoms with Crippen molar-refractivity contribution in [2.75, 3.05) is 39.4 Å². The van der Waals surface area contributed by atoms with E-state index in [-0.39, 0.29) is 12.1 Å². The number of aromatic nitrogens is 2. The van der Waals surface area contributed by atoms with Crippen LogP contribution in [0.3, 0.4) is 0 Å². The Labute approximate surface area is 166 Å². The lowest BCUT2D eigenvalue weighted by molar-refractivity contribution is 0.0349. The minimum Gasteiger partial charge on any atom is -0.379 e. The van der Waals surface area contributed by atoms with Crippen molar-refractivity contribution in [2.45, 2.75) is 19.0 Å². The second-order valence-electron chi connectivity index (χ2n) is 7.23. The Kier molecular flexibility index (Phi) is 5.43. The third-order valence-corrected chi connectivity index (χ3v) is 6.03. The van der Waals surface area contributed by atoms with Crippen molar-refractivity contribution >= 4 is 17.3 Å². The largest absolute Gasteiger partial charge is 0.379 e. The standard InChI is InChI=1S/C20H27N5OS/c1-15-6-7-17(23(15)2)19-18(16-5-3-4-8-21-16)22-20(27)25(19)10-9-24-11-13-26-14-12-24/h3-8,18-19H,9-14H2,1-2H3,(H,22,27)/t18-,19-/m1/s1. The Morgan fingerprint density at radius 1 is 1.19 bits per heavy atom. The SMILES string of the molecule is Cc1ccc([C@@H]2[C@@H](c3ccccn3)NC(=S)N2CCN2CCOCC2)n1C. The Bertz CT molecular complexity index is 787. The number of nitrogens with zero attached hydrogens (tertiary/aromatic N) is 4. The molecule has 2 aromatic heterocycles. The normalized spacial score (nSPS) is 23.6. The van der Waals surface area contributed by atoms with Gasteiger partial charge in [0, 0.05) is 50.8 Å². The molecule has 2 aromatic rings. The molecule has 0 spiro atoms. The molecule has 0 saturated carbocycles. The number of rotatable bonds is 5. The van der Waals surface area contributed by atoms with E-state index >= 15 is 0 Å². The van der Waals surface area contributed by atoms with Gasteiger partial charge < -0.3 is 19.5 Å². The predicted molar refractivity (Wildman–Crippen MR) is 110 cm³/mol. The first-order chi connectivity index (χ1) is 13.1. The Morgan fingerprint density at radius 2 is 2.00 bits per heavy atom. The molecule has 2 aliphatic rings. The van der Waals surface area contributed by atoms with Crippen LogP contribution < -0.4 is 5.32 Å². The van der Waals surface area contributed by atoms with Crippen LogP contribution in [-0.4, -0.2) is 63.9 Å². The zero-order valence-electron chi connectivity index (χ0n) is 16.0. The summed E-state index contributed by atoms with van der Waals surface area (Å²) in [6.07, 6.45) is 1.85. The summed E-state index contributed by atoms with van der Waals surface area (Å²) in [5, 5.41) is 4.34. The number of nitrogens with one attached hydrogen (secondary N) is 1. The number of thiocarbonyl (C=S) groups is 1. The van der Waals surface area contributed by atoms with Gasteiger partial charge in [-0.2, -0.15) is 0 Å².